The molecular weight excluding hydrogens is 370 g/mol. The van der Waals surface area contributed by atoms with Crippen molar-refractivity contribution in [2.75, 3.05) is 26.2 Å². The third kappa shape index (κ3) is 3.12. The highest BCUT2D eigenvalue weighted by molar-refractivity contribution is 7.12. The molecule has 2 fully saturated rings. The van der Waals surface area contributed by atoms with Crippen LogP contribution in [0.1, 0.15) is 51.7 Å². The van der Waals surface area contributed by atoms with Gasteiger partial charge in [0.1, 0.15) is 0 Å². The lowest BCUT2D eigenvalue weighted by molar-refractivity contribution is 0.0598. The van der Waals surface area contributed by atoms with Crippen LogP contribution in [0, 0.1) is 12.8 Å². The largest absolute Gasteiger partial charge is 0.337 e. The molecule has 0 saturated carbocycles. The lowest BCUT2D eigenvalue weighted by atomic mass is 9.83. The smallest absolute Gasteiger partial charge is 0.264 e. The van der Waals surface area contributed by atoms with Crippen LogP contribution in [-0.4, -0.2) is 46.5 Å². The zero-order valence-corrected chi connectivity index (χ0v) is 17.2. The van der Waals surface area contributed by atoms with E-state index < -0.39 is 0 Å². The van der Waals surface area contributed by atoms with E-state index in [4.69, 9.17) is 0 Å². The molecule has 5 rings (SSSR count). The maximum absolute atomic E-state index is 13.1. The molecule has 2 saturated heterocycles. The van der Waals surface area contributed by atoms with Crippen LogP contribution in [-0.2, 0) is 13.1 Å². The Morgan fingerprint density at radius 2 is 1.96 bits per heavy atom. The normalized spacial score (nSPS) is 24.4. The summed E-state index contributed by atoms with van der Waals surface area (Å²) in [6.07, 6.45) is 3.56. The number of pyridine rings is 1. The quantitative estimate of drug-likeness (QED) is 0.800. The first-order valence-corrected chi connectivity index (χ1v) is 11.3. The van der Waals surface area contributed by atoms with Gasteiger partial charge >= 0.3 is 0 Å². The van der Waals surface area contributed by atoms with Gasteiger partial charge in [-0.05, 0) is 68.3 Å². The zero-order chi connectivity index (χ0) is 19.3. The van der Waals surface area contributed by atoms with E-state index in [-0.39, 0.29) is 17.4 Å². The van der Waals surface area contributed by atoms with Crippen molar-refractivity contribution in [3.63, 3.8) is 0 Å². The van der Waals surface area contributed by atoms with Gasteiger partial charge < -0.3 is 9.47 Å². The summed E-state index contributed by atoms with van der Waals surface area (Å²) in [5, 5.41) is 1.99. The molecule has 2 aromatic heterocycles. The molecule has 0 radical (unpaired) electrons. The van der Waals surface area contributed by atoms with Gasteiger partial charge in [-0.3, -0.25) is 14.5 Å². The van der Waals surface area contributed by atoms with Gasteiger partial charge in [0.15, 0.2) is 0 Å². The number of rotatable bonds is 3. The maximum Gasteiger partial charge on any atom is 0.264 e. The summed E-state index contributed by atoms with van der Waals surface area (Å²) in [5.41, 5.74) is 3.29. The second-order valence-electron chi connectivity index (χ2n) is 8.62. The highest BCUT2D eigenvalue weighted by Gasteiger charge is 2.37. The first-order valence-electron chi connectivity index (χ1n) is 10.4. The molecule has 0 N–H and O–H groups in total. The Labute approximate surface area is 169 Å². The molecule has 2 atom stereocenters. The molecule has 0 unspecified atom stereocenters. The Kier molecular flexibility index (Phi) is 4.63. The van der Waals surface area contributed by atoms with E-state index in [1.54, 1.807) is 0 Å². The molecule has 0 aliphatic carbocycles. The van der Waals surface area contributed by atoms with Gasteiger partial charge in [-0.2, -0.15) is 0 Å². The van der Waals surface area contributed by atoms with Gasteiger partial charge in [0, 0.05) is 43.4 Å². The number of nitrogens with zero attached hydrogens (tertiary/aromatic N) is 3. The third-order valence-electron chi connectivity index (χ3n) is 6.62. The Hall–Kier alpha value is -1.92. The van der Waals surface area contributed by atoms with Crippen LogP contribution in [0.4, 0.5) is 0 Å². The number of piperidine rings is 1. The standard InChI is InChI=1S/C22H27N3O2S/c1-15-6-9-28-20(15)22(27)24-11-16-10-18(14-24)19-5-4-17(21(26)25(19)12-16)13-23-7-2-3-8-23/h4-6,9,16,18H,2-3,7-8,10-14H2,1H3/t16-,18+/m0/s1. The van der Waals surface area contributed by atoms with Crippen molar-refractivity contribution >= 4 is 17.2 Å². The lowest BCUT2D eigenvalue weighted by Gasteiger charge is -2.43. The summed E-state index contributed by atoms with van der Waals surface area (Å²) in [4.78, 5) is 31.4. The predicted octanol–water partition coefficient (Wildman–Crippen LogP) is 3.07. The molecule has 2 bridgehead atoms. The fraction of sp³-hybridized carbons (Fsp3) is 0.545. The lowest BCUT2D eigenvalue weighted by Crippen LogP contribution is -2.49. The second kappa shape index (κ2) is 7.16. The summed E-state index contributed by atoms with van der Waals surface area (Å²) in [7, 11) is 0. The van der Waals surface area contributed by atoms with Gasteiger partial charge in [-0.15, -0.1) is 11.3 Å². The summed E-state index contributed by atoms with van der Waals surface area (Å²) in [5.74, 6) is 0.795. The molecule has 28 heavy (non-hydrogen) atoms. The number of fused-ring (bicyclic) bond motifs is 4. The molecule has 3 aliphatic heterocycles. The Morgan fingerprint density at radius 3 is 2.71 bits per heavy atom. The number of hydrogen-bond acceptors (Lipinski definition) is 4. The van der Waals surface area contributed by atoms with Crippen molar-refractivity contribution in [3.05, 3.63) is 55.6 Å². The monoisotopic (exact) mass is 397 g/mol. The van der Waals surface area contributed by atoms with E-state index in [2.05, 4.69) is 11.0 Å². The Bertz CT molecular complexity index is 957. The van der Waals surface area contributed by atoms with Gasteiger partial charge in [-0.25, -0.2) is 0 Å². The molecule has 0 spiro atoms. The van der Waals surface area contributed by atoms with Crippen LogP contribution in [0.3, 0.4) is 0 Å². The van der Waals surface area contributed by atoms with Crippen LogP contribution in [0.5, 0.6) is 0 Å². The number of aryl methyl sites for hydroxylation is 1. The summed E-state index contributed by atoms with van der Waals surface area (Å²) >= 11 is 1.53. The van der Waals surface area contributed by atoms with E-state index in [1.165, 1.54) is 24.2 Å². The Balaban J connectivity index is 1.40. The van der Waals surface area contributed by atoms with Crippen LogP contribution >= 0.6 is 11.3 Å². The fourth-order valence-corrected chi connectivity index (χ4v) is 6.09. The number of likely N-dealkylation sites (tertiary alicyclic amines) is 2. The van der Waals surface area contributed by atoms with E-state index in [0.717, 1.165) is 67.4 Å². The maximum atomic E-state index is 13.1. The molecule has 5 nitrogen and oxygen atoms in total. The minimum Gasteiger partial charge on any atom is -0.337 e. The van der Waals surface area contributed by atoms with Crippen molar-refractivity contribution < 1.29 is 4.79 Å². The SMILES string of the molecule is Cc1ccsc1C(=O)N1C[C@@H]2C[C@H](C1)c1ccc(CN3CCCC3)c(=O)n1C2. The number of carbonyl (C=O) groups excluding carboxylic acids is 1. The number of hydrogen-bond donors (Lipinski definition) is 0. The molecule has 0 aromatic carbocycles. The highest BCUT2D eigenvalue weighted by atomic mass is 32.1. The number of amides is 1. The predicted molar refractivity (Wildman–Crippen MR) is 111 cm³/mol. The van der Waals surface area contributed by atoms with Gasteiger partial charge in [-0.1, -0.05) is 6.07 Å². The first kappa shape index (κ1) is 18.1. The van der Waals surface area contributed by atoms with Gasteiger partial charge in [0.05, 0.1) is 4.88 Å². The average Bonchev–Trinajstić information content (AvgIpc) is 3.35. The van der Waals surface area contributed by atoms with Crippen molar-refractivity contribution in [1.29, 1.82) is 0 Å². The minimum absolute atomic E-state index is 0.156. The van der Waals surface area contributed by atoms with Crippen molar-refractivity contribution in [2.45, 2.75) is 45.2 Å². The van der Waals surface area contributed by atoms with E-state index in [1.807, 2.05) is 33.9 Å². The number of carbonyl (C=O) groups is 1. The van der Waals surface area contributed by atoms with Gasteiger partial charge in [0.2, 0.25) is 0 Å². The van der Waals surface area contributed by atoms with Crippen molar-refractivity contribution in [3.8, 4) is 0 Å². The van der Waals surface area contributed by atoms with E-state index in [0.29, 0.717) is 5.92 Å². The average molecular weight is 398 g/mol. The van der Waals surface area contributed by atoms with E-state index in [9.17, 15) is 9.59 Å². The molecule has 2 aromatic rings. The summed E-state index contributed by atoms with van der Waals surface area (Å²) in [6, 6.07) is 6.20. The van der Waals surface area contributed by atoms with Crippen LogP contribution in [0.2, 0.25) is 0 Å². The second-order valence-corrected chi connectivity index (χ2v) is 9.54. The number of thiophene rings is 1. The summed E-state index contributed by atoms with van der Waals surface area (Å²) in [6.45, 7) is 7.21. The van der Waals surface area contributed by atoms with Gasteiger partial charge in [0.25, 0.3) is 11.5 Å². The molecule has 6 heteroatoms. The van der Waals surface area contributed by atoms with Crippen LogP contribution in [0.15, 0.2) is 28.4 Å². The fourth-order valence-electron chi connectivity index (χ4n) is 5.19. The van der Waals surface area contributed by atoms with Crippen molar-refractivity contribution in [2.24, 2.45) is 5.92 Å². The van der Waals surface area contributed by atoms with Crippen molar-refractivity contribution in [1.82, 2.24) is 14.4 Å². The summed E-state index contributed by atoms with van der Waals surface area (Å²) < 4.78 is 2.02. The topological polar surface area (TPSA) is 45.6 Å². The molecule has 5 heterocycles. The molecule has 1 amide bonds. The molecular formula is C22H27N3O2S. The third-order valence-corrected chi connectivity index (χ3v) is 7.62. The number of aromatic nitrogens is 1. The Morgan fingerprint density at radius 1 is 1.14 bits per heavy atom. The molecule has 148 valence electrons. The van der Waals surface area contributed by atoms with E-state index >= 15 is 0 Å². The molecule has 3 aliphatic rings. The highest BCUT2D eigenvalue weighted by Crippen LogP contribution is 2.36. The van der Waals surface area contributed by atoms with Crippen LogP contribution < -0.4 is 5.56 Å². The first-order chi connectivity index (χ1) is 13.6. The zero-order valence-electron chi connectivity index (χ0n) is 16.4. The minimum atomic E-state index is 0.156. The van der Waals surface area contributed by atoms with Crippen LogP contribution in [0.25, 0.3) is 0 Å².